The maximum atomic E-state index is 6.00. The maximum absolute atomic E-state index is 6.00. The quantitative estimate of drug-likeness (QED) is 0.734. The monoisotopic (exact) mass is 288 g/mol. The average molecular weight is 288 g/mol. The summed E-state index contributed by atoms with van der Waals surface area (Å²) in [6.45, 7) is 2.72. The number of benzene rings is 2. The van der Waals surface area contributed by atoms with E-state index in [-0.39, 0.29) is 5.92 Å². The molecule has 1 aliphatic carbocycles. The Hall–Kier alpha value is -2.54. The van der Waals surface area contributed by atoms with Gasteiger partial charge in [-0.25, -0.2) is 0 Å². The minimum Gasteiger partial charge on any atom is -0.493 e. The summed E-state index contributed by atoms with van der Waals surface area (Å²) in [5, 5.41) is 0. The summed E-state index contributed by atoms with van der Waals surface area (Å²) in [6.07, 6.45) is 10.6. The normalized spacial score (nSPS) is 14.1. The molecule has 22 heavy (non-hydrogen) atoms. The van der Waals surface area contributed by atoms with Gasteiger partial charge in [0, 0.05) is 5.92 Å². The SMILES string of the molecule is Cc1ccc(OCC(C=C2C=CC=C2)c2ccccc2)cc1. The van der Waals surface area contributed by atoms with Crippen LogP contribution in [0, 0.1) is 6.92 Å². The third-order valence-corrected chi connectivity index (χ3v) is 3.76. The van der Waals surface area contributed by atoms with Gasteiger partial charge in [0.1, 0.15) is 5.75 Å². The topological polar surface area (TPSA) is 9.23 Å². The molecule has 0 fully saturated rings. The van der Waals surface area contributed by atoms with Crippen molar-refractivity contribution < 1.29 is 4.74 Å². The van der Waals surface area contributed by atoms with Gasteiger partial charge < -0.3 is 4.74 Å². The smallest absolute Gasteiger partial charge is 0.119 e. The van der Waals surface area contributed by atoms with Crippen LogP contribution >= 0.6 is 0 Å². The molecule has 0 saturated heterocycles. The Morgan fingerprint density at radius 3 is 2.27 bits per heavy atom. The van der Waals surface area contributed by atoms with E-state index in [9.17, 15) is 0 Å². The predicted octanol–water partition coefficient (Wildman–Crippen LogP) is 5.21. The van der Waals surface area contributed by atoms with Crippen molar-refractivity contribution in [2.45, 2.75) is 12.8 Å². The van der Waals surface area contributed by atoms with Gasteiger partial charge in [-0.2, -0.15) is 0 Å². The number of hydrogen-bond acceptors (Lipinski definition) is 1. The van der Waals surface area contributed by atoms with E-state index in [1.54, 1.807) is 0 Å². The van der Waals surface area contributed by atoms with Crippen LogP contribution in [0.2, 0.25) is 0 Å². The van der Waals surface area contributed by atoms with Gasteiger partial charge in [0.25, 0.3) is 0 Å². The van der Waals surface area contributed by atoms with Crippen molar-refractivity contribution >= 4 is 0 Å². The van der Waals surface area contributed by atoms with Crippen molar-refractivity contribution in [3.8, 4) is 5.75 Å². The average Bonchev–Trinajstić information content (AvgIpc) is 3.07. The van der Waals surface area contributed by atoms with Gasteiger partial charge in [0.15, 0.2) is 0 Å². The first-order valence-corrected chi connectivity index (χ1v) is 7.62. The molecule has 0 aromatic heterocycles. The van der Waals surface area contributed by atoms with Crippen LogP contribution in [0.3, 0.4) is 0 Å². The zero-order valence-corrected chi connectivity index (χ0v) is 12.8. The van der Waals surface area contributed by atoms with Gasteiger partial charge in [-0.1, -0.05) is 78.4 Å². The Morgan fingerprint density at radius 1 is 0.909 bits per heavy atom. The number of allylic oxidation sites excluding steroid dienone is 5. The van der Waals surface area contributed by atoms with Crippen LogP contribution < -0.4 is 4.74 Å². The first-order valence-electron chi connectivity index (χ1n) is 7.62. The Balaban J connectivity index is 1.76. The minimum absolute atomic E-state index is 0.241. The first kappa shape index (κ1) is 14.4. The number of hydrogen-bond donors (Lipinski definition) is 0. The lowest BCUT2D eigenvalue weighted by molar-refractivity contribution is 0.306. The third-order valence-electron chi connectivity index (χ3n) is 3.76. The maximum Gasteiger partial charge on any atom is 0.119 e. The fourth-order valence-electron chi connectivity index (χ4n) is 2.49. The summed E-state index contributed by atoms with van der Waals surface area (Å²) >= 11 is 0. The number of ether oxygens (including phenoxy) is 1. The molecule has 0 saturated carbocycles. The van der Waals surface area contributed by atoms with E-state index >= 15 is 0 Å². The highest BCUT2D eigenvalue weighted by Gasteiger charge is 2.10. The van der Waals surface area contributed by atoms with Crippen molar-refractivity contribution in [3.63, 3.8) is 0 Å². The Labute approximate surface area is 132 Å². The number of aryl methyl sites for hydroxylation is 1. The van der Waals surface area contributed by atoms with E-state index in [1.807, 2.05) is 18.2 Å². The van der Waals surface area contributed by atoms with Crippen LogP contribution in [0.5, 0.6) is 5.75 Å². The molecule has 0 heterocycles. The summed E-state index contributed by atoms with van der Waals surface area (Å²) < 4.78 is 6.00. The van der Waals surface area contributed by atoms with E-state index in [0.29, 0.717) is 6.61 Å². The van der Waals surface area contributed by atoms with E-state index in [1.165, 1.54) is 16.7 Å². The van der Waals surface area contributed by atoms with Gasteiger partial charge in [-0.05, 0) is 30.2 Å². The first-order chi connectivity index (χ1) is 10.8. The molecular weight excluding hydrogens is 268 g/mol. The molecule has 1 atom stereocenters. The van der Waals surface area contributed by atoms with Crippen molar-refractivity contribution in [1.29, 1.82) is 0 Å². The molecule has 2 aromatic carbocycles. The lowest BCUT2D eigenvalue weighted by Crippen LogP contribution is -2.08. The van der Waals surface area contributed by atoms with Gasteiger partial charge in [-0.3, -0.25) is 0 Å². The molecule has 110 valence electrons. The molecule has 1 aliphatic rings. The van der Waals surface area contributed by atoms with Crippen molar-refractivity contribution in [2.24, 2.45) is 0 Å². The van der Waals surface area contributed by atoms with Gasteiger partial charge in [-0.15, -0.1) is 0 Å². The van der Waals surface area contributed by atoms with E-state index in [2.05, 4.69) is 73.7 Å². The largest absolute Gasteiger partial charge is 0.493 e. The van der Waals surface area contributed by atoms with Crippen molar-refractivity contribution in [2.75, 3.05) is 6.61 Å². The summed E-state index contributed by atoms with van der Waals surface area (Å²) in [6, 6.07) is 18.7. The molecule has 0 radical (unpaired) electrons. The van der Waals surface area contributed by atoms with Crippen LogP contribution in [0.1, 0.15) is 17.0 Å². The molecule has 0 spiro atoms. The van der Waals surface area contributed by atoms with Crippen LogP contribution in [-0.2, 0) is 0 Å². The van der Waals surface area contributed by atoms with Crippen molar-refractivity contribution in [1.82, 2.24) is 0 Å². The fourth-order valence-corrected chi connectivity index (χ4v) is 2.49. The highest BCUT2D eigenvalue weighted by molar-refractivity contribution is 5.42. The molecule has 0 aliphatic heterocycles. The summed E-state index contributed by atoms with van der Waals surface area (Å²) in [5.41, 5.74) is 3.76. The molecule has 3 rings (SSSR count). The van der Waals surface area contributed by atoms with Gasteiger partial charge >= 0.3 is 0 Å². The van der Waals surface area contributed by atoms with Crippen LogP contribution in [0.4, 0.5) is 0 Å². The molecule has 1 nitrogen and oxygen atoms in total. The predicted molar refractivity (Wildman–Crippen MR) is 92.2 cm³/mol. The second-order valence-corrected chi connectivity index (χ2v) is 5.53. The Bertz CT molecular complexity index is 676. The summed E-state index contributed by atoms with van der Waals surface area (Å²) in [5.74, 6) is 1.16. The Morgan fingerprint density at radius 2 is 1.59 bits per heavy atom. The van der Waals surface area contributed by atoms with E-state index in [4.69, 9.17) is 4.74 Å². The number of rotatable bonds is 5. The van der Waals surface area contributed by atoms with Gasteiger partial charge in [0.05, 0.1) is 6.61 Å². The van der Waals surface area contributed by atoms with Crippen LogP contribution in [-0.4, -0.2) is 6.61 Å². The highest BCUT2D eigenvalue weighted by atomic mass is 16.5. The molecule has 1 heteroatoms. The lowest BCUT2D eigenvalue weighted by atomic mass is 9.97. The molecule has 0 amide bonds. The second kappa shape index (κ2) is 6.95. The lowest BCUT2D eigenvalue weighted by Gasteiger charge is -2.15. The van der Waals surface area contributed by atoms with Crippen LogP contribution in [0.25, 0.3) is 0 Å². The molecule has 0 bridgehead atoms. The van der Waals surface area contributed by atoms with Gasteiger partial charge in [0.2, 0.25) is 0 Å². The van der Waals surface area contributed by atoms with Crippen molar-refractivity contribution in [3.05, 3.63) is 102 Å². The van der Waals surface area contributed by atoms with E-state index in [0.717, 1.165) is 5.75 Å². The van der Waals surface area contributed by atoms with Crippen LogP contribution in [0.15, 0.2) is 90.6 Å². The molecule has 2 aromatic rings. The zero-order valence-electron chi connectivity index (χ0n) is 12.8. The molecule has 0 N–H and O–H groups in total. The molecule has 1 unspecified atom stereocenters. The second-order valence-electron chi connectivity index (χ2n) is 5.53. The summed E-state index contributed by atoms with van der Waals surface area (Å²) in [7, 11) is 0. The molecular formula is C21H20O. The standard InChI is InChI=1S/C21H20O/c1-17-11-13-21(14-12-17)22-16-20(15-18-7-5-6-8-18)19-9-3-2-4-10-19/h2-15,20H,16H2,1H3. The highest BCUT2D eigenvalue weighted by Crippen LogP contribution is 2.23. The Kier molecular flexibility index (Phi) is 4.55. The minimum atomic E-state index is 0.241. The summed E-state index contributed by atoms with van der Waals surface area (Å²) in [4.78, 5) is 0. The van der Waals surface area contributed by atoms with E-state index < -0.39 is 0 Å². The third kappa shape index (κ3) is 3.76. The zero-order chi connectivity index (χ0) is 15.2. The fraction of sp³-hybridized carbons (Fsp3) is 0.143.